The van der Waals surface area contributed by atoms with Gasteiger partial charge in [-0.1, -0.05) is 37.5 Å². The molecule has 1 aliphatic rings. The highest BCUT2D eigenvalue weighted by Gasteiger charge is 2.19. The Kier molecular flexibility index (Phi) is 5.65. The van der Waals surface area contributed by atoms with Crippen molar-refractivity contribution in [1.82, 2.24) is 9.78 Å². The summed E-state index contributed by atoms with van der Waals surface area (Å²) in [4.78, 5) is 12.9. The monoisotopic (exact) mass is 388 g/mol. The lowest BCUT2D eigenvalue weighted by Gasteiger charge is -2.23. The summed E-state index contributed by atoms with van der Waals surface area (Å²) in [6.45, 7) is 3.80. The first-order valence-corrected chi connectivity index (χ1v) is 10.4. The normalized spacial score (nSPS) is 14.6. The molecule has 0 unspecified atom stereocenters. The van der Waals surface area contributed by atoms with E-state index < -0.39 is 0 Å². The minimum atomic E-state index is -0.129. The number of rotatable bonds is 5. The predicted molar refractivity (Wildman–Crippen MR) is 118 cm³/mol. The number of hydrogen-bond donors (Lipinski definition) is 2. The summed E-state index contributed by atoms with van der Waals surface area (Å²) >= 11 is 0. The fourth-order valence-electron chi connectivity index (χ4n) is 4.12. The summed E-state index contributed by atoms with van der Waals surface area (Å²) in [5.74, 6) is -0.129. The molecule has 29 heavy (non-hydrogen) atoms. The molecule has 0 atom stereocenters. The molecule has 1 saturated carbocycles. The van der Waals surface area contributed by atoms with E-state index in [0.29, 0.717) is 11.6 Å². The van der Waals surface area contributed by atoms with Crippen LogP contribution in [0.5, 0.6) is 0 Å². The molecule has 2 aromatic carbocycles. The van der Waals surface area contributed by atoms with E-state index in [2.05, 4.69) is 15.7 Å². The molecule has 2 N–H and O–H groups in total. The molecular formula is C24H28N4O. The number of anilines is 2. The largest absolute Gasteiger partial charge is 0.382 e. The zero-order valence-electron chi connectivity index (χ0n) is 17.1. The van der Waals surface area contributed by atoms with Gasteiger partial charge in [0.15, 0.2) is 0 Å². The van der Waals surface area contributed by atoms with Gasteiger partial charge in [-0.2, -0.15) is 5.10 Å². The van der Waals surface area contributed by atoms with Gasteiger partial charge in [0.25, 0.3) is 5.91 Å². The molecule has 0 bridgehead atoms. The number of nitrogens with one attached hydrogen (secondary N) is 2. The topological polar surface area (TPSA) is 59.0 Å². The number of aryl methyl sites for hydroxylation is 1. The van der Waals surface area contributed by atoms with Gasteiger partial charge < -0.3 is 10.6 Å². The second-order valence-electron chi connectivity index (χ2n) is 7.80. The average molecular weight is 389 g/mol. The zero-order valence-corrected chi connectivity index (χ0v) is 17.1. The van der Waals surface area contributed by atoms with E-state index in [1.807, 2.05) is 73.1 Å². The van der Waals surface area contributed by atoms with Crippen LogP contribution in [0.2, 0.25) is 0 Å². The molecule has 5 heteroatoms. The van der Waals surface area contributed by atoms with Gasteiger partial charge in [0.2, 0.25) is 0 Å². The molecule has 4 rings (SSSR count). The number of carbonyl (C=O) groups excluding carboxylic acids is 1. The Bertz CT molecular complexity index is 970. The third-order valence-electron chi connectivity index (χ3n) is 5.64. The summed E-state index contributed by atoms with van der Waals surface area (Å²) in [7, 11) is 0. The Labute approximate surface area is 172 Å². The molecule has 5 nitrogen and oxygen atoms in total. The third kappa shape index (κ3) is 4.34. The average Bonchev–Trinajstić information content (AvgIpc) is 3.05. The van der Waals surface area contributed by atoms with E-state index in [9.17, 15) is 4.79 Å². The second kappa shape index (κ2) is 8.52. The zero-order chi connectivity index (χ0) is 20.2. The molecule has 3 aromatic rings. The number of amides is 1. The summed E-state index contributed by atoms with van der Waals surface area (Å²) in [6.07, 6.45) is 6.44. The van der Waals surface area contributed by atoms with E-state index in [4.69, 9.17) is 0 Å². The van der Waals surface area contributed by atoms with Crippen molar-refractivity contribution in [3.8, 4) is 5.69 Å². The molecule has 1 amide bonds. The summed E-state index contributed by atoms with van der Waals surface area (Å²) in [5, 5.41) is 11.2. The van der Waals surface area contributed by atoms with Crippen molar-refractivity contribution < 1.29 is 4.79 Å². The molecule has 1 fully saturated rings. The van der Waals surface area contributed by atoms with Crippen LogP contribution in [0.15, 0.2) is 54.6 Å². The fourth-order valence-corrected chi connectivity index (χ4v) is 4.12. The predicted octanol–water partition coefficient (Wildman–Crippen LogP) is 5.49. The minimum Gasteiger partial charge on any atom is -0.382 e. The summed E-state index contributed by atoms with van der Waals surface area (Å²) in [5.41, 5.74) is 5.03. The minimum absolute atomic E-state index is 0.129. The molecular weight excluding hydrogens is 360 g/mol. The van der Waals surface area contributed by atoms with Gasteiger partial charge in [0.05, 0.1) is 22.6 Å². The van der Waals surface area contributed by atoms with Crippen molar-refractivity contribution in [3.05, 3.63) is 71.5 Å². The van der Waals surface area contributed by atoms with Crippen molar-refractivity contribution in [2.45, 2.75) is 52.0 Å². The number of nitrogens with zero attached hydrogens (tertiary/aromatic N) is 2. The lowest BCUT2D eigenvalue weighted by Crippen LogP contribution is -2.22. The van der Waals surface area contributed by atoms with E-state index in [-0.39, 0.29) is 5.91 Å². The van der Waals surface area contributed by atoms with Crippen molar-refractivity contribution in [2.24, 2.45) is 0 Å². The number of carbonyl (C=O) groups is 1. The maximum atomic E-state index is 12.9. The van der Waals surface area contributed by atoms with Gasteiger partial charge >= 0.3 is 0 Å². The summed E-state index contributed by atoms with van der Waals surface area (Å²) < 4.78 is 1.82. The first-order valence-electron chi connectivity index (χ1n) is 10.4. The molecule has 0 radical (unpaired) electrons. The van der Waals surface area contributed by atoms with Gasteiger partial charge in [0.1, 0.15) is 0 Å². The van der Waals surface area contributed by atoms with Crippen LogP contribution >= 0.6 is 0 Å². The molecule has 1 aromatic heterocycles. The Morgan fingerprint density at radius 3 is 2.28 bits per heavy atom. The Balaban J connectivity index is 1.46. The molecule has 1 aliphatic carbocycles. The maximum Gasteiger partial charge on any atom is 0.259 e. The van der Waals surface area contributed by atoms with Gasteiger partial charge in [0, 0.05) is 17.4 Å². The number of hydrogen-bond acceptors (Lipinski definition) is 3. The van der Waals surface area contributed by atoms with Crippen LogP contribution in [-0.2, 0) is 0 Å². The van der Waals surface area contributed by atoms with Crippen molar-refractivity contribution in [1.29, 1.82) is 0 Å². The van der Waals surface area contributed by atoms with Crippen LogP contribution in [0.4, 0.5) is 11.4 Å². The lowest BCUT2D eigenvalue weighted by atomic mass is 9.95. The molecule has 0 saturated heterocycles. The van der Waals surface area contributed by atoms with E-state index in [1.54, 1.807) is 0 Å². The maximum absolute atomic E-state index is 12.9. The number of para-hydroxylation sites is 1. The molecule has 1 heterocycles. The van der Waals surface area contributed by atoms with Crippen LogP contribution < -0.4 is 10.6 Å². The first kappa shape index (κ1) is 19.2. The van der Waals surface area contributed by atoms with Crippen LogP contribution in [0.3, 0.4) is 0 Å². The fraction of sp³-hybridized carbons (Fsp3) is 0.333. The highest BCUT2D eigenvalue weighted by Crippen LogP contribution is 2.23. The Hall–Kier alpha value is -3.08. The standard InChI is InChI=1S/C24H28N4O/c1-17-23(18(2)28(27-17)22-11-7-4-8-12-22)24(29)26-21-15-13-20(14-16-21)25-19-9-5-3-6-10-19/h4,7-8,11-16,19,25H,3,5-6,9-10H2,1-2H3,(H,26,29). The van der Waals surface area contributed by atoms with Crippen LogP contribution in [0, 0.1) is 13.8 Å². The van der Waals surface area contributed by atoms with Gasteiger partial charge in [-0.15, -0.1) is 0 Å². The Morgan fingerprint density at radius 1 is 0.931 bits per heavy atom. The van der Waals surface area contributed by atoms with E-state index in [1.165, 1.54) is 32.1 Å². The van der Waals surface area contributed by atoms with Crippen molar-refractivity contribution >= 4 is 17.3 Å². The highest BCUT2D eigenvalue weighted by atomic mass is 16.1. The SMILES string of the molecule is Cc1nn(-c2ccccc2)c(C)c1C(=O)Nc1ccc(NC2CCCCC2)cc1. The quantitative estimate of drug-likeness (QED) is 0.608. The van der Waals surface area contributed by atoms with Gasteiger partial charge in [-0.25, -0.2) is 4.68 Å². The molecule has 0 aliphatic heterocycles. The summed E-state index contributed by atoms with van der Waals surface area (Å²) in [6, 6.07) is 18.4. The van der Waals surface area contributed by atoms with Crippen molar-refractivity contribution in [3.63, 3.8) is 0 Å². The van der Waals surface area contributed by atoms with Gasteiger partial charge in [-0.3, -0.25) is 4.79 Å². The van der Waals surface area contributed by atoms with Crippen molar-refractivity contribution in [2.75, 3.05) is 10.6 Å². The smallest absolute Gasteiger partial charge is 0.259 e. The van der Waals surface area contributed by atoms with Gasteiger partial charge in [-0.05, 0) is 63.1 Å². The third-order valence-corrected chi connectivity index (χ3v) is 5.64. The number of aromatic nitrogens is 2. The first-order chi connectivity index (χ1) is 14.1. The lowest BCUT2D eigenvalue weighted by molar-refractivity contribution is 0.102. The van der Waals surface area contributed by atoms with Crippen LogP contribution in [0.25, 0.3) is 5.69 Å². The highest BCUT2D eigenvalue weighted by molar-refractivity contribution is 6.06. The molecule has 150 valence electrons. The van der Waals surface area contributed by atoms with E-state index >= 15 is 0 Å². The van der Waals surface area contributed by atoms with Crippen LogP contribution in [0.1, 0.15) is 53.8 Å². The second-order valence-corrected chi connectivity index (χ2v) is 7.80. The van der Waals surface area contributed by atoms with Crippen LogP contribution in [-0.4, -0.2) is 21.7 Å². The Morgan fingerprint density at radius 2 is 1.59 bits per heavy atom. The van der Waals surface area contributed by atoms with E-state index in [0.717, 1.165) is 28.5 Å². The number of benzene rings is 2. The molecule has 0 spiro atoms.